The molecule has 0 bridgehead atoms. The van der Waals surface area contributed by atoms with Gasteiger partial charge in [-0.1, -0.05) is 50.7 Å². The summed E-state index contributed by atoms with van der Waals surface area (Å²) in [6.45, 7) is 6.71. The van der Waals surface area contributed by atoms with Gasteiger partial charge in [0.2, 0.25) is 11.8 Å². The zero-order valence-electron chi connectivity index (χ0n) is 14.6. The first-order valence-electron chi connectivity index (χ1n) is 8.27. The van der Waals surface area contributed by atoms with E-state index in [0.717, 1.165) is 12.1 Å². The lowest BCUT2D eigenvalue weighted by atomic mass is 9.78. The molecular formula is C18H27N3O2S. The number of nitrogens with two attached hydrogens (primary N) is 2. The van der Waals surface area contributed by atoms with Gasteiger partial charge in [0.05, 0.1) is 10.9 Å². The van der Waals surface area contributed by atoms with E-state index in [4.69, 9.17) is 23.7 Å². The predicted molar refractivity (Wildman–Crippen MR) is 102 cm³/mol. The topological polar surface area (TPSA) is 89.4 Å². The molecule has 132 valence electrons. The van der Waals surface area contributed by atoms with Gasteiger partial charge in [0.15, 0.2) is 0 Å². The summed E-state index contributed by atoms with van der Waals surface area (Å²) in [7, 11) is 0. The average molecular weight is 350 g/mol. The molecule has 0 aliphatic heterocycles. The summed E-state index contributed by atoms with van der Waals surface area (Å²) in [4.78, 5) is 26.0. The lowest BCUT2D eigenvalue weighted by Crippen LogP contribution is -2.46. The van der Waals surface area contributed by atoms with Gasteiger partial charge in [0, 0.05) is 24.6 Å². The molecule has 3 atom stereocenters. The van der Waals surface area contributed by atoms with Crippen molar-refractivity contribution in [3.63, 3.8) is 0 Å². The standard InChI is InChI=1S/C18H27N3O2S/c1-4-12(3)16(14(17(20)23)11-15(19)22)18(24)21(5-2)13-9-7-6-8-10-13/h6-10,12,14,16H,4-5,11H2,1-3H3,(H2,19,22)(H2,20,23). The molecule has 4 N–H and O–H groups in total. The van der Waals surface area contributed by atoms with E-state index in [1.165, 1.54) is 0 Å². The minimum absolute atomic E-state index is 0.0865. The molecule has 0 saturated heterocycles. The van der Waals surface area contributed by atoms with Gasteiger partial charge in [-0.05, 0) is 25.0 Å². The van der Waals surface area contributed by atoms with E-state index in [1.807, 2.05) is 56.0 Å². The Hall–Kier alpha value is -1.95. The highest BCUT2D eigenvalue weighted by Crippen LogP contribution is 2.31. The van der Waals surface area contributed by atoms with E-state index in [2.05, 4.69) is 0 Å². The minimum Gasteiger partial charge on any atom is -0.370 e. The van der Waals surface area contributed by atoms with Crippen molar-refractivity contribution >= 4 is 34.7 Å². The van der Waals surface area contributed by atoms with Crippen LogP contribution in [0.1, 0.15) is 33.6 Å². The second-order valence-electron chi connectivity index (χ2n) is 6.01. The summed E-state index contributed by atoms with van der Waals surface area (Å²) in [6.07, 6.45) is 0.733. The fourth-order valence-electron chi connectivity index (χ4n) is 2.94. The fraction of sp³-hybridized carbons (Fsp3) is 0.500. The molecule has 0 aliphatic rings. The van der Waals surface area contributed by atoms with Gasteiger partial charge in [-0.3, -0.25) is 9.59 Å². The van der Waals surface area contributed by atoms with Crippen LogP contribution in [0.5, 0.6) is 0 Å². The van der Waals surface area contributed by atoms with Crippen molar-refractivity contribution in [2.45, 2.75) is 33.6 Å². The van der Waals surface area contributed by atoms with Crippen LogP contribution in [0.2, 0.25) is 0 Å². The zero-order valence-corrected chi connectivity index (χ0v) is 15.4. The number of rotatable bonds is 9. The summed E-state index contributed by atoms with van der Waals surface area (Å²) >= 11 is 5.73. The van der Waals surface area contributed by atoms with E-state index in [-0.39, 0.29) is 18.3 Å². The molecular weight excluding hydrogens is 322 g/mol. The smallest absolute Gasteiger partial charge is 0.221 e. The Kier molecular flexibility index (Phi) is 7.85. The molecule has 2 amide bonds. The molecule has 0 fully saturated rings. The second-order valence-corrected chi connectivity index (χ2v) is 6.43. The van der Waals surface area contributed by atoms with Gasteiger partial charge < -0.3 is 16.4 Å². The van der Waals surface area contributed by atoms with Crippen LogP contribution >= 0.6 is 12.2 Å². The average Bonchev–Trinajstić information content (AvgIpc) is 2.55. The van der Waals surface area contributed by atoms with Crippen molar-refractivity contribution in [3.8, 4) is 0 Å². The third kappa shape index (κ3) is 5.03. The Morgan fingerprint density at radius 2 is 1.75 bits per heavy atom. The van der Waals surface area contributed by atoms with Crippen molar-refractivity contribution in [3.05, 3.63) is 30.3 Å². The fourth-order valence-corrected chi connectivity index (χ4v) is 3.57. The van der Waals surface area contributed by atoms with Crippen LogP contribution in [-0.2, 0) is 9.59 Å². The van der Waals surface area contributed by atoms with Gasteiger partial charge in [-0.25, -0.2) is 0 Å². The van der Waals surface area contributed by atoms with Gasteiger partial charge in [-0.15, -0.1) is 0 Å². The van der Waals surface area contributed by atoms with Crippen molar-refractivity contribution < 1.29 is 9.59 Å². The second kappa shape index (κ2) is 9.37. The number of hydrogen-bond acceptors (Lipinski definition) is 3. The van der Waals surface area contributed by atoms with E-state index in [1.54, 1.807) is 0 Å². The van der Waals surface area contributed by atoms with Crippen LogP contribution in [0, 0.1) is 17.8 Å². The lowest BCUT2D eigenvalue weighted by Gasteiger charge is -2.35. The number of carbonyl (C=O) groups excluding carboxylic acids is 2. The quantitative estimate of drug-likeness (QED) is 0.670. The van der Waals surface area contributed by atoms with Crippen molar-refractivity contribution in [1.82, 2.24) is 0 Å². The number of nitrogens with zero attached hydrogens (tertiary/aromatic N) is 1. The third-order valence-electron chi connectivity index (χ3n) is 4.41. The maximum absolute atomic E-state index is 12.0. The predicted octanol–water partition coefficient (Wildman–Crippen LogP) is 2.48. The molecule has 1 rings (SSSR count). The summed E-state index contributed by atoms with van der Waals surface area (Å²) in [6, 6.07) is 9.75. The van der Waals surface area contributed by atoms with E-state index in [0.29, 0.717) is 11.5 Å². The first-order chi connectivity index (χ1) is 11.3. The first kappa shape index (κ1) is 20.1. The number of anilines is 1. The number of thiocarbonyl (C=S) groups is 1. The van der Waals surface area contributed by atoms with Crippen molar-refractivity contribution in [1.29, 1.82) is 0 Å². The Bertz CT molecular complexity index is 577. The SMILES string of the molecule is CCC(C)C(C(=S)N(CC)c1ccccc1)C(CC(N)=O)C(N)=O. The largest absolute Gasteiger partial charge is 0.370 e. The van der Waals surface area contributed by atoms with Crippen LogP contribution < -0.4 is 16.4 Å². The van der Waals surface area contributed by atoms with Crippen LogP contribution in [0.3, 0.4) is 0 Å². The Morgan fingerprint density at radius 1 is 1.17 bits per heavy atom. The Labute approximate surface area is 149 Å². The van der Waals surface area contributed by atoms with Crippen molar-refractivity contribution in [2.75, 3.05) is 11.4 Å². The molecule has 0 heterocycles. The minimum atomic E-state index is -0.692. The molecule has 1 aromatic rings. The summed E-state index contributed by atoms with van der Waals surface area (Å²) < 4.78 is 0. The highest BCUT2D eigenvalue weighted by Gasteiger charge is 2.36. The van der Waals surface area contributed by atoms with Gasteiger partial charge in [0.25, 0.3) is 0 Å². The number of hydrogen-bond donors (Lipinski definition) is 2. The third-order valence-corrected chi connectivity index (χ3v) is 4.90. The maximum atomic E-state index is 12.0. The van der Waals surface area contributed by atoms with E-state index < -0.39 is 17.7 Å². The summed E-state index contributed by atoms with van der Waals surface area (Å²) in [5.41, 5.74) is 11.9. The monoisotopic (exact) mass is 349 g/mol. The normalized spacial score (nSPS) is 14.5. The maximum Gasteiger partial charge on any atom is 0.221 e. The molecule has 0 radical (unpaired) electrons. The highest BCUT2D eigenvalue weighted by atomic mass is 32.1. The zero-order chi connectivity index (χ0) is 18.3. The van der Waals surface area contributed by atoms with Crippen LogP contribution in [0.4, 0.5) is 5.69 Å². The van der Waals surface area contributed by atoms with Gasteiger partial charge in [0.1, 0.15) is 0 Å². The Balaban J connectivity index is 3.24. The number of primary amides is 2. The Morgan fingerprint density at radius 3 is 2.17 bits per heavy atom. The van der Waals surface area contributed by atoms with E-state index in [9.17, 15) is 9.59 Å². The molecule has 1 aromatic carbocycles. The highest BCUT2D eigenvalue weighted by molar-refractivity contribution is 7.80. The van der Waals surface area contributed by atoms with Crippen LogP contribution in [0.25, 0.3) is 0 Å². The van der Waals surface area contributed by atoms with Gasteiger partial charge >= 0.3 is 0 Å². The van der Waals surface area contributed by atoms with Crippen LogP contribution in [0.15, 0.2) is 30.3 Å². The summed E-state index contributed by atoms with van der Waals surface area (Å²) in [5.74, 6) is -1.98. The number of amides is 2. The molecule has 3 unspecified atom stereocenters. The first-order valence-corrected chi connectivity index (χ1v) is 8.68. The molecule has 0 aromatic heterocycles. The van der Waals surface area contributed by atoms with Crippen molar-refractivity contribution in [2.24, 2.45) is 29.2 Å². The number of carbonyl (C=O) groups is 2. The molecule has 0 saturated carbocycles. The molecule has 6 heteroatoms. The lowest BCUT2D eigenvalue weighted by molar-refractivity contribution is -0.128. The van der Waals surface area contributed by atoms with Crippen LogP contribution in [-0.4, -0.2) is 23.3 Å². The number of para-hydroxylation sites is 1. The van der Waals surface area contributed by atoms with E-state index >= 15 is 0 Å². The summed E-state index contributed by atoms with van der Waals surface area (Å²) in [5, 5.41) is 0. The van der Waals surface area contributed by atoms with Gasteiger partial charge in [-0.2, -0.15) is 0 Å². The number of benzene rings is 1. The molecule has 5 nitrogen and oxygen atoms in total. The molecule has 0 spiro atoms. The molecule has 0 aliphatic carbocycles. The molecule has 24 heavy (non-hydrogen) atoms.